The van der Waals surface area contributed by atoms with Crippen molar-refractivity contribution in [2.24, 2.45) is 5.73 Å². The number of sulfonamides is 1. The van der Waals surface area contributed by atoms with Crippen LogP contribution in [0.3, 0.4) is 0 Å². The monoisotopic (exact) mass is 398 g/mol. The van der Waals surface area contributed by atoms with Crippen LogP contribution in [0.25, 0.3) is 10.8 Å². The molecule has 0 radical (unpaired) electrons. The van der Waals surface area contributed by atoms with E-state index in [1.807, 2.05) is 60.7 Å². The molecule has 3 N–H and O–H groups in total. The molecule has 3 aromatic carbocycles. The number of benzene rings is 3. The zero-order valence-electron chi connectivity index (χ0n) is 15.8. The van der Waals surface area contributed by atoms with Crippen LogP contribution in [0, 0.1) is 0 Å². The molecule has 0 bridgehead atoms. The highest BCUT2D eigenvalue weighted by Gasteiger charge is 2.22. The molecule has 0 saturated carbocycles. The molecule has 3 aromatic rings. The molecule has 0 aliphatic heterocycles. The third kappa shape index (κ3) is 5.39. The van der Waals surface area contributed by atoms with Gasteiger partial charge in [-0.05, 0) is 36.4 Å². The molecule has 28 heavy (non-hydrogen) atoms. The first-order chi connectivity index (χ1) is 13.6. The Balaban J connectivity index is 1.73. The average molecular weight is 399 g/mol. The standard InChI is InChI=1S/C22H26N2O3S/c23-15-7-12-20(17-27-16-18-8-2-1-3-9-18)24-28(25,26)22-14-6-11-19-10-4-5-13-21(19)22/h1-6,8-11,13-14,20,24H,7,12,15-17,23H2/t20-/m0/s1. The summed E-state index contributed by atoms with van der Waals surface area (Å²) in [5, 5.41) is 1.60. The fourth-order valence-corrected chi connectivity index (χ4v) is 4.63. The summed E-state index contributed by atoms with van der Waals surface area (Å²) in [4.78, 5) is 0.284. The van der Waals surface area contributed by atoms with Crippen LogP contribution in [0.5, 0.6) is 0 Å². The van der Waals surface area contributed by atoms with Gasteiger partial charge in [-0.1, -0.05) is 66.7 Å². The molecule has 0 saturated heterocycles. The molecule has 0 heterocycles. The van der Waals surface area contributed by atoms with Gasteiger partial charge in [0.05, 0.1) is 18.1 Å². The molecule has 0 amide bonds. The Morgan fingerprint density at radius 3 is 2.43 bits per heavy atom. The topological polar surface area (TPSA) is 81.4 Å². The van der Waals surface area contributed by atoms with Crippen molar-refractivity contribution in [1.29, 1.82) is 0 Å². The van der Waals surface area contributed by atoms with E-state index in [0.717, 1.165) is 17.4 Å². The molecule has 0 aliphatic carbocycles. The van der Waals surface area contributed by atoms with E-state index in [2.05, 4.69) is 4.72 Å². The number of nitrogens with one attached hydrogen (secondary N) is 1. The van der Waals surface area contributed by atoms with Gasteiger partial charge in [0.15, 0.2) is 0 Å². The number of hydrogen-bond acceptors (Lipinski definition) is 4. The largest absolute Gasteiger partial charge is 0.375 e. The Bertz CT molecular complexity index is 986. The lowest BCUT2D eigenvalue weighted by Crippen LogP contribution is -2.38. The van der Waals surface area contributed by atoms with Crippen LogP contribution in [0.4, 0.5) is 0 Å². The van der Waals surface area contributed by atoms with Crippen molar-refractivity contribution in [2.75, 3.05) is 13.2 Å². The summed E-state index contributed by atoms with van der Waals surface area (Å²) in [6, 6.07) is 22.3. The maximum atomic E-state index is 13.1. The Morgan fingerprint density at radius 1 is 0.929 bits per heavy atom. The molecule has 5 nitrogen and oxygen atoms in total. The van der Waals surface area contributed by atoms with Gasteiger partial charge in [-0.3, -0.25) is 0 Å². The van der Waals surface area contributed by atoms with Crippen molar-refractivity contribution in [2.45, 2.75) is 30.4 Å². The Kier molecular flexibility index (Phi) is 7.17. The van der Waals surface area contributed by atoms with Crippen molar-refractivity contribution in [3.63, 3.8) is 0 Å². The lowest BCUT2D eigenvalue weighted by Gasteiger charge is -2.19. The Hall–Kier alpha value is -2.25. The smallest absolute Gasteiger partial charge is 0.241 e. The van der Waals surface area contributed by atoms with Crippen LogP contribution in [0.1, 0.15) is 18.4 Å². The van der Waals surface area contributed by atoms with E-state index in [9.17, 15) is 8.42 Å². The fourth-order valence-electron chi connectivity index (χ4n) is 3.15. The highest BCUT2D eigenvalue weighted by Crippen LogP contribution is 2.23. The second-order valence-electron chi connectivity index (χ2n) is 6.73. The normalized spacial score (nSPS) is 12.9. The zero-order valence-corrected chi connectivity index (χ0v) is 16.6. The molecule has 1 atom stereocenters. The summed E-state index contributed by atoms with van der Waals surface area (Å²) in [5.74, 6) is 0. The SMILES string of the molecule is NCCC[C@@H](COCc1ccccc1)NS(=O)(=O)c1cccc2ccccc12. The van der Waals surface area contributed by atoms with Gasteiger partial charge in [-0.2, -0.15) is 0 Å². The summed E-state index contributed by atoms with van der Waals surface area (Å²) in [6.45, 7) is 1.24. The molecule has 148 valence electrons. The molecule has 0 spiro atoms. The molecule has 0 unspecified atom stereocenters. The minimum atomic E-state index is -3.68. The molecular weight excluding hydrogens is 372 g/mol. The predicted octanol–water partition coefficient (Wildman–Crippen LogP) is 3.44. The van der Waals surface area contributed by atoms with Crippen LogP contribution >= 0.6 is 0 Å². The Labute approximate surface area is 166 Å². The minimum Gasteiger partial charge on any atom is -0.375 e. The second kappa shape index (κ2) is 9.80. The van der Waals surface area contributed by atoms with E-state index < -0.39 is 10.0 Å². The van der Waals surface area contributed by atoms with Crippen molar-refractivity contribution in [1.82, 2.24) is 4.72 Å². The first kappa shape index (κ1) is 20.5. The molecule has 3 rings (SSSR count). The van der Waals surface area contributed by atoms with Gasteiger partial charge in [0.2, 0.25) is 10.0 Å². The van der Waals surface area contributed by atoms with Crippen LogP contribution < -0.4 is 10.5 Å². The number of fused-ring (bicyclic) bond motifs is 1. The number of ether oxygens (including phenoxy) is 1. The molecule has 0 aliphatic rings. The van der Waals surface area contributed by atoms with Crippen molar-refractivity contribution < 1.29 is 13.2 Å². The summed E-state index contributed by atoms with van der Waals surface area (Å²) in [5.41, 5.74) is 6.68. The molecule has 6 heteroatoms. The minimum absolute atomic E-state index is 0.284. The average Bonchev–Trinajstić information content (AvgIpc) is 2.72. The summed E-state index contributed by atoms with van der Waals surface area (Å²) < 4.78 is 34.7. The predicted molar refractivity (Wildman–Crippen MR) is 112 cm³/mol. The maximum absolute atomic E-state index is 13.1. The zero-order chi connectivity index (χ0) is 19.8. The van der Waals surface area contributed by atoms with Crippen LogP contribution in [-0.4, -0.2) is 27.6 Å². The van der Waals surface area contributed by atoms with Crippen molar-refractivity contribution in [3.05, 3.63) is 78.4 Å². The van der Waals surface area contributed by atoms with Gasteiger partial charge < -0.3 is 10.5 Å². The van der Waals surface area contributed by atoms with Gasteiger partial charge >= 0.3 is 0 Å². The highest BCUT2D eigenvalue weighted by atomic mass is 32.2. The van der Waals surface area contributed by atoms with E-state index in [-0.39, 0.29) is 10.9 Å². The third-order valence-corrected chi connectivity index (χ3v) is 6.13. The fraction of sp³-hybridized carbons (Fsp3) is 0.273. The highest BCUT2D eigenvalue weighted by molar-refractivity contribution is 7.89. The number of rotatable bonds is 10. The second-order valence-corrected chi connectivity index (χ2v) is 8.41. The van der Waals surface area contributed by atoms with E-state index in [1.165, 1.54) is 0 Å². The molecular formula is C22H26N2O3S. The summed E-state index contributed by atoms with van der Waals surface area (Å²) >= 11 is 0. The van der Waals surface area contributed by atoms with Crippen LogP contribution in [0.2, 0.25) is 0 Å². The first-order valence-corrected chi connectivity index (χ1v) is 10.9. The van der Waals surface area contributed by atoms with Gasteiger partial charge in [0, 0.05) is 11.4 Å². The van der Waals surface area contributed by atoms with Crippen molar-refractivity contribution in [3.8, 4) is 0 Å². The number of hydrogen-bond donors (Lipinski definition) is 2. The van der Waals surface area contributed by atoms with Gasteiger partial charge in [-0.15, -0.1) is 0 Å². The van der Waals surface area contributed by atoms with Gasteiger partial charge in [-0.25, -0.2) is 13.1 Å². The molecule has 0 aromatic heterocycles. The lowest BCUT2D eigenvalue weighted by molar-refractivity contribution is 0.102. The first-order valence-electron chi connectivity index (χ1n) is 9.42. The van der Waals surface area contributed by atoms with Crippen LogP contribution in [-0.2, 0) is 21.4 Å². The van der Waals surface area contributed by atoms with E-state index >= 15 is 0 Å². The van der Waals surface area contributed by atoms with E-state index in [1.54, 1.807) is 12.1 Å². The maximum Gasteiger partial charge on any atom is 0.241 e. The quantitative estimate of drug-likeness (QED) is 0.548. The van der Waals surface area contributed by atoms with Gasteiger partial charge in [0.1, 0.15) is 0 Å². The van der Waals surface area contributed by atoms with E-state index in [0.29, 0.717) is 31.6 Å². The van der Waals surface area contributed by atoms with Crippen LogP contribution in [0.15, 0.2) is 77.7 Å². The van der Waals surface area contributed by atoms with E-state index in [4.69, 9.17) is 10.5 Å². The van der Waals surface area contributed by atoms with Gasteiger partial charge in [0.25, 0.3) is 0 Å². The third-order valence-electron chi connectivity index (χ3n) is 4.55. The number of nitrogens with two attached hydrogens (primary N) is 1. The lowest BCUT2D eigenvalue weighted by atomic mass is 10.1. The van der Waals surface area contributed by atoms with Crippen molar-refractivity contribution >= 4 is 20.8 Å². The molecule has 0 fully saturated rings. The Morgan fingerprint density at radius 2 is 1.64 bits per heavy atom. The summed E-state index contributed by atoms with van der Waals surface area (Å²) in [7, 11) is -3.68. The summed E-state index contributed by atoms with van der Waals surface area (Å²) in [6.07, 6.45) is 1.34.